The number of thiazole rings is 1. The molecule has 1 saturated heterocycles. The van der Waals surface area contributed by atoms with E-state index in [2.05, 4.69) is 4.98 Å². The summed E-state index contributed by atoms with van der Waals surface area (Å²) in [6.45, 7) is 2.31. The maximum Gasteiger partial charge on any atom is 0.350 e. The molecule has 1 atom stereocenters. The number of aromatic nitrogens is 1. The van der Waals surface area contributed by atoms with Gasteiger partial charge in [0.25, 0.3) is 5.78 Å². The number of ketones is 1. The second kappa shape index (κ2) is 10.3. The fraction of sp³-hybridized carbons (Fsp3) is 0.259. The van der Waals surface area contributed by atoms with E-state index in [-0.39, 0.29) is 21.1 Å². The molecular formula is C27H24N2O9S. The topological polar surface area (TPSA) is 134 Å². The lowest BCUT2D eigenvalue weighted by atomic mass is 9.94. The average Bonchev–Trinajstić information content (AvgIpc) is 3.47. The number of benzene rings is 2. The lowest BCUT2D eigenvalue weighted by Gasteiger charge is -2.25. The lowest BCUT2D eigenvalue weighted by molar-refractivity contribution is -0.132. The summed E-state index contributed by atoms with van der Waals surface area (Å²) in [5.41, 5.74) is 0.736. The van der Waals surface area contributed by atoms with Gasteiger partial charge in [-0.2, -0.15) is 0 Å². The zero-order chi connectivity index (χ0) is 27.8. The summed E-state index contributed by atoms with van der Waals surface area (Å²) in [6.07, 6.45) is 0. The molecule has 0 bridgehead atoms. The van der Waals surface area contributed by atoms with Crippen molar-refractivity contribution in [2.75, 3.05) is 39.4 Å². The molecule has 0 aliphatic carbocycles. The predicted molar refractivity (Wildman–Crippen MR) is 140 cm³/mol. The van der Waals surface area contributed by atoms with Gasteiger partial charge in [-0.05, 0) is 43.3 Å². The highest BCUT2D eigenvalue weighted by Gasteiger charge is 2.49. The number of anilines is 1. The average molecular weight is 553 g/mol. The molecule has 11 nitrogen and oxygen atoms in total. The van der Waals surface area contributed by atoms with Crippen molar-refractivity contribution in [2.45, 2.75) is 13.0 Å². The molecule has 1 amide bonds. The number of hydrogen-bond acceptors (Lipinski definition) is 11. The van der Waals surface area contributed by atoms with Gasteiger partial charge < -0.3 is 28.8 Å². The van der Waals surface area contributed by atoms with E-state index in [0.29, 0.717) is 47.5 Å². The van der Waals surface area contributed by atoms with Gasteiger partial charge in [0, 0.05) is 11.1 Å². The molecule has 1 aromatic heterocycles. The molecule has 12 heteroatoms. The number of aliphatic hydroxyl groups excluding tert-OH is 1. The molecule has 1 fully saturated rings. The summed E-state index contributed by atoms with van der Waals surface area (Å²) in [4.78, 5) is 45.1. The summed E-state index contributed by atoms with van der Waals surface area (Å²) in [5.74, 6) is -1.27. The zero-order valence-electron chi connectivity index (χ0n) is 21.5. The third-order valence-corrected chi connectivity index (χ3v) is 7.49. The van der Waals surface area contributed by atoms with Crippen LogP contribution in [0.5, 0.6) is 23.0 Å². The normalized spacial score (nSPS) is 17.7. The second-order valence-electron chi connectivity index (χ2n) is 8.54. The number of carbonyl (C=O) groups is 3. The molecule has 2 aliphatic rings. The minimum atomic E-state index is -1.17. The fourth-order valence-corrected chi connectivity index (χ4v) is 5.50. The standard InChI is InChI=1S/C27H24N2O9S/c1-13-24(26(33)36-4)39-27(28-13)29-21(16-12-15(34-2)6-8-17(16)35-3)20(23(31)25(29)32)22(30)14-5-7-18-19(11-14)38-10-9-37-18/h5-8,11-12,21,30H,9-10H2,1-4H3/b22-20+. The zero-order valence-corrected chi connectivity index (χ0v) is 22.3. The Balaban J connectivity index is 1.75. The number of carbonyl (C=O) groups excluding carboxylic acids is 3. The Labute approximate surface area is 227 Å². The van der Waals surface area contributed by atoms with Crippen molar-refractivity contribution in [1.82, 2.24) is 4.98 Å². The third-order valence-electron chi connectivity index (χ3n) is 6.35. The van der Waals surface area contributed by atoms with Crippen LogP contribution in [-0.4, -0.2) is 62.3 Å². The molecule has 3 heterocycles. The van der Waals surface area contributed by atoms with E-state index in [9.17, 15) is 19.5 Å². The first-order chi connectivity index (χ1) is 18.8. The predicted octanol–water partition coefficient (Wildman–Crippen LogP) is 3.65. The van der Waals surface area contributed by atoms with Crippen molar-refractivity contribution in [2.24, 2.45) is 0 Å². The SMILES string of the molecule is COC(=O)c1sc(N2C(=O)C(=O)/C(=C(/O)c3ccc4c(c3)OCCO4)C2c2cc(OC)ccc2OC)nc1C. The first kappa shape index (κ1) is 26.0. The molecular weight excluding hydrogens is 528 g/mol. The van der Waals surface area contributed by atoms with E-state index in [0.717, 1.165) is 16.2 Å². The molecule has 3 aromatic rings. The summed E-state index contributed by atoms with van der Waals surface area (Å²) < 4.78 is 27.0. The van der Waals surface area contributed by atoms with Gasteiger partial charge in [0.15, 0.2) is 16.6 Å². The van der Waals surface area contributed by atoms with E-state index in [4.69, 9.17) is 23.7 Å². The molecule has 2 aromatic carbocycles. The number of rotatable bonds is 6. The molecule has 2 aliphatic heterocycles. The maximum atomic E-state index is 13.6. The molecule has 0 radical (unpaired) electrons. The Kier molecular flexibility index (Phi) is 6.87. The van der Waals surface area contributed by atoms with Crippen molar-refractivity contribution in [3.63, 3.8) is 0 Å². The van der Waals surface area contributed by atoms with Crippen LogP contribution in [0, 0.1) is 6.92 Å². The van der Waals surface area contributed by atoms with Gasteiger partial charge in [0.2, 0.25) is 0 Å². The minimum Gasteiger partial charge on any atom is -0.507 e. The van der Waals surface area contributed by atoms with E-state index in [1.807, 2.05) is 0 Å². The van der Waals surface area contributed by atoms with Crippen LogP contribution in [-0.2, 0) is 14.3 Å². The minimum absolute atomic E-state index is 0.0751. The van der Waals surface area contributed by atoms with Crippen LogP contribution in [0.4, 0.5) is 5.13 Å². The van der Waals surface area contributed by atoms with Crippen LogP contribution < -0.4 is 23.8 Å². The number of aryl methyl sites for hydroxylation is 1. The Hall–Kier alpha value is -4.58. The molecule has 1 N–H and O–H groups in total. The molecule has 5 rings (SSSR count). The van der Waals surface area contributed by atoms with E-state index < -0.39 is 29.5 Å². The van der Waals surface area contributed by atoms with Gasteiger partial charge in [0.1, 0.15) is 41.4 Å². The maximum absolute atomic E-state index is 13.6. The summed E-state index contributed by atoms with van der Waals surface area (Å²) in [6, 6.07) is 8.47. The molecule has 0 saturated carbocycles. The fourth-order valence-electron chi connectivity index (χ4n) is 4.49. The number of esters is 1. The monoisotopic (exact) mass is 552 g/mol. The Bertz CT molecular complexity index is 1530. The number of aliphatic hydroxyl groups is 1. The Morgan fingerprint density at radius 2 is 1.79 bits per heavy atom. The van der Waals surface area contributed by atoms with Gasteiger partial charge in [0.05, 0.1) is 32.6 Å². The third kappa shape index (κ3) is 4.42. The van der Waals surface area contributed by atoms with Crippen LogP contribution >= 0.6 is 11.3 Å². The lowest BCUT2D eigenvalue weighted by Crippen LogP contribution is -2.29. The van der Waals surface area contributed by atoms with Crippen molar-refractivity contribution >= 4 is 39.9 Å². The van der Waals surface area contributed by atoms with E-state index >= 15 is 0 Å². The van der Waals surface area contributed by atoms with Crippen molar-refractivity contribution < 1.29 is 43.2 Å². The van der Waals surface area contributed by atoms with Gasteiger partial charge in [-0.15, -0.1) is 0 Å². The van der Waals surface area contributed by atoms with Crippen molar-refractivity contribution in [1.29, 1.82) is 0 Å². The number of nitrogens with zero attached hydrogens (tertiary/aromatic N) is 2. The number of Topliss-reactive ketones (excluding diaryl/α,β-unsaturated/α-hetero) is 1. The number of fused-ring (bicyclic) bond motifs is 1. The number of ether oxygens (including phenoxy) is 5. The summed E-state index contributed by atoms with van der Waals surface area (Å²) in [7, 11) is 4.16. The number of hydrogen-bond donors (Lipinski definition) is 1. The van der Waals surface area contributed by atoms with Gasteiger partial charge in [-0.3, -0.25) is 14.5 Å². The number of methoxy groups -OCH3 is 3. The van der Waals surface area contributed by atoms with Crippen LogP contribution in [0.15, 0.2) is 42.0 Å². The second-order valence-corrected chi connectivity index (χ2v) is 9.52. The molecule has 39 heavy (non-hydrogen) atoms. The van der Waals surface area contributed by atoms with Gasteiger partial charge in [-0.1, -0.05) is 11.3 Å². The van der Waals surface area contributed by atoms with Crippen LogP contribution in [0.3, 0.4) is 0 Å². The van der Waals surface area contributed by atoms with Gasteiger partial charge in [-0.25, -0.2) is 9.78 Å². The molecule has 202 valence electrons. The number of amides is 1. The van der Waals surface area contributed by atoms with Crippen LogP contribution in [0.25, 0.3) is 5.76 Å². The quantitative estimate of drug-likeness (QED) is 0.209. The highest BCUT2D eigenvalue weighted by molar-refractivity contribution is 7.17. The first-order valence-corrected chi connectivity index (χ1v) is 12.6. The highest BCUT2D eigenvalue weighted by Crippen LogP contribution is 2.47. The van der Waals surface area contributed by atoms with Crippen LogP contribution in [0.1, 0.15) is 32.5 Å². The Morgan fingerprint density at radius 1 is 1.05 bits per heavy atom. The molecule has 0 spiro atoms. The highest BCUT2D eigenvalue weighted by atomic mass is 32.1. The molecule has 1 unspecified atom stereocenters. The van der Waals surface area contributed by atoms with Gasteiger partial charge >= 0.3 is 11.9 Å². The summed E-state index contributed by atoms with van der Waals surface area (Å²) in [5, 5.41) is 11.6. The van der Waals surface area contributed by atoms with E-state index in [1.165, 1.54) is 21.3 Å². The van der Waals surface area contributed by atoms with Crippen molar-refractivity contribution in [3.8, 4) is 23.0 Å². The largest absolute Gasteiger partial charge is 0.507 e. The van der Waals surface area contributed by atoms with Crippen molar-refractivity contribution in [3.05, 3.63) is 63.7 Å². The van der Waals surface area contributed by atoms with Crippen LogP contribution in [0.2, 0.25) is 0 Å². The summed E-state index contributed by atoms with van der Waals surface area (Å²) >= 11 is 0.900. The first-order valence-electron chi connectivity index (χ1n) is 11.8. The van der Waals surface area contributed by atoms with E-state index in [1.54, 1.807) is 43.3 Å². The smallest absolute Gasteiger partial charge is 0.350 e. The Morgan fingerprint density at radius 3 is 2.49 bits per heavy atom.